The Kier molecular flexibility index (Phi) is 43.5. The second kappa shape index (κ2) is 45.8. The summed E-state index contributed by atoms with van der Waals surface area (Å²) in [5, 5.41) is 0. The fraction of sp³-hybridized carbons (Fsp3) is 0.745. The molecule has 0 aliphatic carbocycles. The number of ether oxygens (including phenoxy) is 3. The van der Waals surface area contributed by atoms with Gasteiger partial charge in [0.1, 0.15) is 13.2 Å². The van der Waals surface area contributed by atoms with Crippen molar-refractivity contribution in [2.75, 3.05) is 13.2 Å². The van der Waals surface area contributed by atoms with Gasteiger partial charge in [-0.3, -0.25) is 14.4 Å². The molecule has 1 atom stereocenters. The van der Waals surface area contributed by atoms with Crippen LogP contribution in [0.2, 0.25) is 0 Å². The summed E-state index contributed by atoms with van der Waals surface area (Å²) in [4.78, 5) is 37.8. The maximum atomic E-state index is 12.7. The summed E-state index contributed by atoms with van der Waals surface area (Å²) in [7, 11) is 0. The van der Waals surface area contributed by atoms with Crippen molar-refractivity contribution in [1.29, 1.82) is 0 Å². The lowest BCUT2D eigenvalue weighted by Gasteiger charge is -2.18. The molecule has 0 aliphatic rings. The topological polar surface area (TPSA) is 78.9 Å². The molecule has 0 bridgehead atoms. The summed E-state index contributed by atoms with van der Waals surface area (Å²) in [6, 6.07) is 0. The molecule has 0 fully saturated rings. The number of carbonyl (C=O) groups excluding carboxylic acids is 3. The van der Waals surface area contributed by atoms with E-state index in [2.05, 4.69) is 81.5 Å². The molecular formula is C51H88O6. The van der Waals surface area contributed by atoms with E-state index in [0.717, 1.165) is 116 Å². The van der Waals surface area contributed by atoms with E-state index in [1.165, 1.54) is 70.6 Å². The number of carbonyl (C=O) groups is 3. The van der Waals surface area contributed by atoms with E-state index >= 15 is 0 Å². The standard InChI is InChI=1S/C51H88O6/c1-4-7-10-13-16-19-22-24-25-27-29-32-35-38-41-44-50(53)56-47-48(46-55-49(52)43-40-37-34-31-28-21-18-15-12-9-6-3)57-51(54)45-42-39-36-33-30-26-23-20-17-14-11-8-5-2/h7,10,15-16,18-20,23-25,48H,4-6,8-9,11-14,17,21-22,26-47H2,1-3H3/b10-7-,18-15-,19-16-,23-20-,25-24-/t48-/m0/s1. The molecule has 0 spiro atoms. The summed E-state index contributed by atoms with van der Waals surface area (Å²) in [5.74, 6) is -0.925. The summed E-state index contributed by atoms with van der Waals surface area (Å²) >= 11 is 0. The minimum Gasteiger partial charge on any atom is -0.462 e. The molecule has 0 rings (SSSR count). The van der Waals surface area contributed by atoms with Crippen molar-refractivity contribution in [3.63, 3.8) is 0 Å². The summed E-state index contributed by atoms with van der Waals surface area (Å²) < 4.78 is 16.7. The third-order valence-electron chi connectivity index (χ3n) is 9.98. The van der Waals surface area contributed by atoms with Gasteiger partial charge in [0.25, 0.3) is 0 Å². The molecule has 0 saturated heterocycles. The number of allylic oxidation sites excluding steroid dienone is 10. The van der Waals surface area contributed by atoms with E-state index in [0.29, 0.717) is 19.3 Å². The molecule has 0 N–H and O–H groups in total. The van der Waals surface area contributed by atoms with Gasteiger partial charge in [-0.25, -0.2) is 0 Å². The molecule has 0 heterocycles. The third kappa shape index (κ3) is 44.1. The zero-order chi connectivity index (χ0) is 41.5. The van der Waals surface area contributed by atoms with E-state index in [-0.39, 0.29) is 31.1 Å². The molecule has 57 heavy (non-hydrogen) atoms. The van der Waals surface area contributed by atoms with Gasteiger partial charge < -0.3 is 14.2 Å². The molecule has 0 unspecified atom stereocenters. The third-order valence-corrected chi connectivity index (χ3v) is 9.98. The quantitative estimate of drug-likeness (QED) is 0.0265. The fourth-order valence-corrected chi connectivity index (χ4v) is 6.37. The molecule has 328 valence electrons. The molecular weight excluding hydrogens is 709 g/mol. The normalized spacial score (nSPS) is 12.5. The molecule has 0 saturated carbocycles. The Morgan fingerprint density at radius 1 is 0.368 bits per heavy atom. The number of hydrogen-bond donors (Lipinski definition) is 0. The monoisotopic (exact) mass is 797 g/mol. The SMILES string of the molecule is CC/C=C\C/C=C\C/C=C\CCCCCCCC(=O)OC[C@H](COC(=O)CCCCCCC/C=C\CCCC)OC(=O)CCCCCCC/C=C\CCCCCC. The van der Waals surface area contributed by atoms with Crippen LogP contribution in [0.4, 0.5) is 0 Å². The Morgan fingerprint density at radius 2 is 0.702 bits per heavy atom. The van der Waals surface area contributed by atoms with Gasteiger partial charge in [0.2, 0.25) is 0 Å². The van der Waals surface area contributed by atoms with Gasteiger partial charge in [0.15, 0.2) is 6.10 Å². The molecule has 0 aromatic rings. The van der Waals surface area contributed by atoms with Gasteiger partial charge in [0.05, 0.1) is 0 Å². The first kappa shape index (κ1) is 54.1. The first-order valence-corrected chi connectivity index (χ1v) is 23.8. The van der Waals surface area contributed by atoms with E-state index in [1.54, 1.807) is 0 Å². The lowest BCUT2D eigenvalue weighted by molar-refractivity contribution is -0.167. The first-order valence-electron chi connectivity index (χ1n) is 23.8. The first-order chi connectivity index (χ1) is 28.0. The smallest absolute Gasteiger partial charge is 0.306 e. The van der Waals surface area contributed by atoms with Crippen LogP contribution in [0.25, 0.3) is 0 Å². The van der Waals surface area contributed by atoms with Gasteiger partial charge in [0, 0.05) is 19.3 Å². The maximum Gasteiger partial charge on any atom is 0.306 e. The highest BCUT2D eigenvalue weighted by Gasteiger charge is 2.19. The Morgan fingerprint density at radius 3 is 1.14 bits per heavy atom. The van der Waals surface area contributed by atoms with Crippen molar-refractivity contribution in [3.05, 3.63) is 60.8 Å². The predicted molar refractivity (Wildman–Crippen MR) is 242 cm³/mol. The molecule has 0 amide bonds. The van der Waals surface area contributed by atoms with Crippen LogP contribution in [0.1, 0.15) is 226 Å². The van der Waals surface area contributed by atoms with Crippen molar-refractivity contribution in [1.82, 2.24) is 0 Å². The maximum absolute atomic E-state index is 12.7. The van der Waals surface area contributed by atoms with Crippen molar-refractivity contribution >= 4 is 17.9 Å². The highest BCUT2D eigenvalue weighted by Crippen LogP contribution is 2.13. The molecule has 0 aromatic heterocycles. The van der Waals surface area contributed by atoms with Crippen molar-refractivity contribution in [2.45, 2.75) is 232 Å². The van der Waals surface area contributed by atoms with Crippen molar-refractivity contribution < 1.29 is 28.6 Å². The minimum absolute atomic E-state index is 0.0879. The largest absolute Gasteiger partial charge is 0.462 e. The fourth-order valence-electron chi connectivity index (χ4n) is 6.37. The lowest BCUT2D eigenvalue weighted by atomic mass is 10.1. The highest BCUT2D eigenvalue weighted by molar-refractivity contribution is 5.71. The number of rotatable bonds is 42. The zero-order valence-electron chi connectivity index (χ0n) is 37.3. The van der Waals surface area contributed by atoms with E-state index < -0.39 is 6.10 Å². The number of unbranched alkanes of at least 4 members (excludes halogenated alkanes) is 21. The van der Waals surface area contributed by atoms with Crippen LogP contribution in [0.15, 0.2) is 60.8 Å². The number of esters is 3. The number of hydrogen-bond acceptors (Lipinski definition) is 6. The van der Waals surface area contributed by atoms with Crippen LogP contribution in [-0.4, -0.2) is 37.2 Å². The van der Waals surface area contributed by atoms with Crippen LogP contribution in [0, 0.1) is 0 Å². The van der Waals surface area contributed by atoms with E-state index in [4.69, 9.17) is 14.2 Å². The van der Waals surface area contributed by atoms with Crippen molar-refractivity contribution in [3.8, 4) is 0 Å². The average Bonchev–Trinajstić information content (AvgIpc) is 3.21. The van der Waals surface area contributed by atoms with Gasteiger partial charge >= 0.3 is 17.9 Å². The van der Waals surface area contributed by atoms with Gasteiger partial charge in [-0.05, 0) is 96.3 Å². The molecule has 0 aliphatic heterocycles. The Hall–Kier alpha value is -2.89. The van der Waals surface area contributed by atoms with E-state index in [1.807, 2.05) is 0 Å². The van der Waals surface area contributed by atoms with Crippen LogP contribution in [0.5, 0.6) is 0 Å². The summed E-state index contributed by atoms with van der Waals surface area (Å²) in [6.45, 7) is 6.43. The second-order valence-electron chi connectivity index (χ2n) is 15.6. The van der Waals surface area contributed by atoms with Gasteiger partial charge in [-0.15, -0.1) is 0 Å². The zero-order valence-corrected chi connectivity index (χ0v) is 37.3. The molecule has 0 aromatic carbocycles. The molecule has 6 nitrogen and oxygen atoms in total. The Bertz CT molecular complexity index is 1050. The minimum atomic E-state index is -0.786. The lowest BCUT2D eigenvalue weighted by Crippen LogP contribution is -2.30. The Labute approximate surface area is 351 Å². The summed E-state index contributed by atoms with van der Waals surface area (Å²) in [5.41, 5.74) is 0. The van der Waals surface area contributed by atoms with Crippen LogP contribution in [-0.2, 0) is 28.6 Å². The van der Waals surface area contributed by atoms with Crippen LogP contribution >= 0.6 is 0 Å². The highest BCUT2D eigenvalue weighted by atomic mass is 16.6. The van der Waals surface area contributed by atoms with Crippen LogP contribution < -0.4 is 0 Å². The van der Waals surface area contributed by atoms with E-state index in [9.17, 15) is 14.4 Å². The Balaban J connectivity index is 4.42. The molecule has 0 radical (unpaired) electrons. The predicted octanol–water partition coefficient (Wildman–Crippen LogP) is 15.3. The van der Waals surface area contributed by atoms with Gasteiger partial charge in [-0.1, -0.05) is 171 Å². The summed E-state index contributed by atoms with van der Waals surface area (Å²) in [6.07, 6.45) is 54.8. The van der Waals surface area contributed by atoms with Gasteiger partial charge in [-0.2, -0.15) is 0 Å². The van der Waals surface area contributed by atoms with Crippen LogP contribution in [0.3, 0.4) is 0 Å². The van der Waals surface area contributed by atoms with Crippen molar-refractivity contribution in [2.24, 2.45) is 0 Å². The second-order valence-corrected chi connectivity index (χ2v) is 15.6. The molecule has 6 heteroatoms. The average molecular weight is 797 g/mol.